The van der Waals surface area contributed by atoms with Gasteiger partial charge in [-0.25, -0.2) is 4.99 Å². The second-order valence-corrected chi connectivity index (χ2v) is 6.01. The monoisotopic (exact) mass is 236 g/mol. The average Bonchev–Trinajstić information content (AvgIpc) is 2.63. The summed E-state index contributed by atoms with van der Waals surface area (Å²) in [6.45, 7) is 15.2. The first-order valence-electron chi connectivity index (χ1n) is 6.50. The minimum Gasteiger partial charge on any atom is -0.296 e. The van der Waals surface area contributed by atoms with Crippen LogP contribution in [0.4, 0.5) is 0 Å². The molecule has 0 amide bonds. The second-order valence-electron chi connectivity index (χ2n) is 6.01. The third-order valence-corrected chi connectivity index (χ3v) is 3.50. The average molecular weight is 236 g/mol. The van der Waals surface area contributed by atoms with Crippen molar-refractivity contribution in [2.75, 3.05) is 39.3 Å². The van der Waals surface area contributed by atoms with Gasteiger partial charge in [-0.1, -0.05) is 0 Å². The van der Waals surface area contributed by atoms with Gasteiger partial charge in [-0.3, -0.25) is 14.8 Å². The number of piperazine rings is 1. The van der Waals surface area contributed by atoms with Crippen molar-refractivity contribution in [1.29, 1.82) is 0 Å². The molecule has 0 aromatic rings. The largest absolute Gasteiger partial charge is 0.296 e. The quantitative estimate of drug-likeness (QED) is 0.723. The summed E-state index contributed by atoms with van der Waals surface area (Å²) in [6, 6.07) is 0. The number of nitrogens with zero attached hydrogens (tertiary/aromatic N) is 4. The molecule has 4 nitrogen and oxygen atoms in total. The Morgan fingerprint density at radius 3 is 2.24 bits per heavy atom. The van der Waals surface area contributed by atoms with Gasteiger partial charge >= 0.3 is 0 Å². The highest BCUT2D eigenvalue weighted by Gasteiger charge is 2.26. The topological polar surface area (TPSA) is 31.2 Å². The van der Waals surface area contributed by atoms with Gasteiger partial charge in [0.1, 0.15) is 5.84 Å². The molecular formula is C13H24N4. The van der Waals surface area contributed by atoms with E-state index in [1.54, 1.807) is 0 Å². The maximum absolute atomic E-state index is 4.46. The zero-order chi connectivity index (χ0) is 12.5. The van der Waals surface area contributed by atoms with E-state index in [4.69, 9.17) is 0 Å². The molecule has 0 N–H and O–H groups in total. The molecule has 0 unspecified atom stereocenters. The van der Waals surface area contributed by atoms with Crippen molar-refractivity contribution < 1.29 is 0 Å². The molecule has 0 saturated carbocycles. The fourth-order valence-corrected chi connectivity index (χ4v) is 2.36. The van der Waals surface area contributed by atoms with Crippen LogP contribution in [0.25, 0.3) is 0 Å². The van der Waals surface area contributed by atoms with Crippen LogP contribution in [0.2, 0.25) is 0 Å². The van der Waals surface area contributed by atoms with E-state index >= 15 is 0 Å². The lowest BCUT2D eigenvalue weighted by Gasteiger charge is -2.42. The van der Waals surface area contributed by atoms with E-state index in [1.807, 2.05) is 6.92 Å². The van der Waals surface area contributed by atoms with Gasteiger partial charge in [0.25, 0.3) is 0 Å². The molecule has 1 fully saturated rings. The smallest absolute Gasteiger partial charge is 0.137 e. The third-order valence-electron chi connectivity index (χ3n) is 3.50. The fourth-order valence-electron chi connectivity index (χ4n) is 2.36. The molecule has 0 bridgehead atoms. The van der Waals surface area contributed by atoms with Crippen LogP contribution in [-0.2, 0) is 0 Å². The Morgan fingerprint density at radius 1 is 1.12 bits per heavy atom. The Hall–Kier alpha value is -0.740. The van der Waals surface area contributed by atoms with E-state index < -0.39 is 0 Å². The first kappa shape index (κ1) is 12.7. The highest BCUT2D eigenvalue weighted by molar-refractivity contribution is 6.03. The summed E-state index contributed by atoms with van der Waals surface area (Å²) in [5, 5.41) is 0. The lowest BCUT2D eigenvalue weighted by atomic mass is 10.1. The van der Waals surface area contributed by atoms with E-state index in [1.165, 1.54) is 0 Å². The Labute approximate surface area is 104 Å². The van der Waals surface area contributed by atoms with Gasteiger partial charge in [-0.15, -0.1) is 0 Å². The highest BCUT2D eigenvalue weighted by atomic mass is 15.3. The van der Waals surface area contributed by atoms with Gasteiger partial charge in [0, 0.05) is 37.4 Å². The molecule has 2 aliphatic rings. The minimum atomic E-state index is 0.297. The Kier molecular flexibility index (Phi) is 3.64. The van der Waals surface area contributed by atoms with Crippen molar-refractivity contribution in [2.24, 2.45) is 9.98 Å². The van der Waals surface area contributed by atoms with Crippen LogP contribution < -0.4 is 0 Å². The van der Waals surface area contributed by atoms with E-state index in [0.29, 0.717) is 5.54 Å². The maximum atomic E-state index is 4.46. The SMILES string of the molecule is CC1=NC(CN2CCN(C(C)(C)C)CC2)=NC1. The molecule has 0 aliphatic carbocycles. The number of aliphatic imine (C=N–C) groups is 2. The van der Waals surface area contributed by atoms with Crippen LogP contribution in [0, 0.1) is 0 Å². The van der Waals surface area contributed by atoms with Crippen LogP contribution in [-0.4, -0.2) is 66.2 Å². The van der Waals surface area contributed by atoms with Crippen LogP contribution in [0.15, 0.2) is 9.98 Å². The van der Waals surface area contributed by atoms with E-state index in [9.17, 15) is 0 Å². The van der Waals surface area contributed by atoms with Gasteiger partial charge in [-0.05, 0) is 27.7 Å². The molecule has 1 saturated heterocycles. The van der Waals surface area contributed by atoms with E-state index in [-0.39, 0.29) is 0 Å². The Balaban J connectivity index is 1.80. The van der Waals surface area contributed by atoms with Gasteiger partial charge in [-0.2, -0.15) is 0 Å². The number of rotatable bonds is 2. The first-order chi connectivity index (χ1) is 7.95. The molecule has 2 rings (SSSR count). The summed E-state index contributed by atoms with van der Waals surface area (Å²) in [4.78, 5) is 13.9. The molecule has 96 valence electrons. The summed E-state index contributed by atoms with van der Waals surface area (Å²) >= 11 is 0. The van der Waals surface area contributed by atoms with Crippen molar-refractivity contribution in [2.45, 2.75) is 33.2 Å². The fraction of sp³-hybridized carbons (Fsp3) is 0.846. The Morgan fingerprint density at radius 2 is 1.76 bits per heavy atom. The molecule has 4 heteroatoms. The van der Waals surface area contributed by atoms with Crippen molar-refractivity contribution in [1.82, 2.24) is 9.80 Å². The molecule has 2 heterocycles. The molecule has 2 aliphatic heterocycles. The standard InChI is InChI=1S/C13H24N4/c1-11-9-14-12(15-11)10-16-5-7-17(8-6-16)13(2,3)4/h5-10H2,1-4H3. The zero-order valence-electron chi connectivity index (χ0n) is 11.5. The minimum absolute atomic E-state index is 0.297. The molecule has 0 atom stereocenters. The summed E-state index contributed by atoms with van der Waals surface area (Å²) in [5.41, 5.74) is 1.44. The number of hydrogen-bond donors (Lipinski definition) is 0. The lowest BCUT2D eigenvalue weighted by molar-refractivity contribution is 0.0690. The first-order valence-corrected chi connectivity index (χ1v) is 6.50. The van der Waals surface area contributed by atoms with Crippen LogP contribution >= 0.6 is 0 Å². The summed E-state index contributed by atoms with van der Waals surface area (Å²) < 4.78 is 0. The summed E-state index contributed by atoms with van der Waals surface area (Å²) in [6.07, 6.45) is 0. The van der Waals surface area contributed by atoms with Crippen LogP contribution in [0.3, 0.4) is 0 Å². The van der Waals surface area contributed by atoms with Gasteiger partial charge in [0.05, 0.1) is 13.1 Å². The normalized spacial score (nSPS) is 23.8. The molecule has 0 aromatic heterocycles. The van der Waals surface area contributed by atoms with Crippen molar-refractivity contribution in [3.05, 3.63) is 0 Å². The molecule has 17 heavy (non-hydrogen) atoms. The molecule has 0 spiro atoms. The number of hydrogen-bond acceptors (Lipinski definition) is 4. The van der Waals surface area contributed by atoms with Crippen molar-refractivity contribution in [3.8, 4) is 0 Å². The van der Waals surface area contributed by atoms with Crippen molar-refractivity contribution >= 4 is 11.5 Å². The molecular weight excluding hydrogens is 212 g/mol. The van der Waals surface area contributed by atoms with E-state index in [0.717, 1.165) is 50.8 Å². The predicted molar refractivity (Wildman–Crippen MR) is 73.2 cm³/mol. The molecule has 0 aromatic carbocycles. The third kappa shape index (κ3) is 3.36. The van der Waals surface area contributed by atoms with Gasteiger partial charge in [0.15, 0.2) is 0 Å². The van der Waals surface area contributed by atoms with Crippen molar-refractivity contribution in [3.63, 3.8) is 0 Å². The summed E-state index contributed by atoms with van der Waals surface area (Å²) in [7, 11) is 0. The maximum Gasteiger partial charge on any atom is 0.137 e. The predicted octanol–water partition coefficient (Wildman–Crippen LogP) is 1.28. The summed E-state index contributed by atoms with van der Waals surface area (Å²) in [5.74, 6) is 1.02. The highest BCUT2D eigenvalue weighted by Crippen LogP contribution is 2.15. The van der Waals surface area contributed by atoms with Gasteiger partial charge in [0.2, 0.25) is 0 Å². The number of amidine groups is 1. The van der Waals surface area contributed by atoms with E-state index in [2.05, 4.69) is 40.6 Å². The zero-order valence-corrected chi connectivity index (χ0v) is 11.5. The lowest BCUT2D eigenvalue weighted by Crippen LogP contribution is -2.54. The Bertz CT molecular complexity index is 330. The second kappa shape index (κ2) is 4.86. The van der Waals surface area contributed by atoms with Crippen LogP contribution in [0.1, 0.15) is 27.7 Å². The van der Waals surface area contributed by atoms with Crippen LogP contribution in [0.5, 0.6) is 0 Å². The van der Waals surface area contributed by atoms with Gasteiger partial charge < -0.3 is 0 Å². The molecule has 0 radical (unpaired) electrons.